The molecule has 0 aromatic carbocycles. The van der Waals surface area contributed by atoms with Crippen molar-refractivity contribution in [3.05, 3.63) is 0 Å². The summed E-state index contributed by atoms with van der Waals surface area (Å²) in [5.74, 6) is -0.503. The quantitative estimate of drug-likeness (QED) is 0.0223. The van der Waals surface area contributed by atoms with Gasteiger partial charge in [-0.1, -0.05) is 161 Å². The lowest BCUT2D eigenvalue weighted by atomic mass is 9.85. The first-order valence-corrected chi connectivity index (χ1v) is 21.4. The Bertz CT molecular complexity index is 848. The van der Waals surface area contributed by atoms with Crippen LogP contribution in [0.15, 0.2) is 0 Å². The Kier molecular flexibility index (Phi) is 28.2. The molecule has 1 aliphatic carbocycles. The van der Waals surface area contributed by atoms with Crippen LogP contribution in [0.25, 0.3) is 0 Å². The summed E-state index contributed by atoms with van der Waals surface area (Å²) in [5, 5.41) is 58.8. The average molecular weight is 741 g/mol. The van der Waals surface area contributed by atoms with Crippen molar-refractivity contribution in [1.82, 2.24) is 0 Å². The van der Waals surface area contributed by atoms with Gasteiger partial charge < -0.3 is 40.3 Å². The first-order valence-electron chi connectivity index (χ1n) is 19.9. The Labute approximate surface area is 301 Å². The fourth-order valence-electron chi connectivity index (χ4n) is 6.40. The van der Waals surface area contributed by atoms with Crippen LogP contribution < -0.4 is 0 Å². The SMILES string of the molecule is CCCCCCCCCCCCCCCCCCCCCCCCCCCC(=O)OC[C@H](O)COP(=O)(O)O[C@@H]1C(O)C(O)[C@@H](O)C(O)[C@H]1O. The van der Waals surface area contributed by atoms with Crippen LogP contribution in [0.2, 0.25) is 0 Å². The van der Waals surface area contributed by atoms with Crippen LogP contribution in [0.1, 0.15) is 174 Å². The van der Waals surface area contributed by atoms with Crippen LogP contribution in [-0.4, -0.2) is 97.4 Å². The zero-order chi connectivity index (χ0) is 37.0. The van der Waals surface area contributed by atoms with E-state index < -0.39 is 69.7 Å². The molecule has 7 N–H and O–H groups in total. The fraction of sp³-hybridized carbons (Fsp3) is 0.973. The summed E-state index contributed by atoms with van der Waals surface area (Å²) < 4.78 is 26.5. The Morgan fingerprint density at radius 1 is 0.540 bits per heavy atom. The second-order valence-corrected chi connectivity index (χ2v) is 15.8. The highest BCUT2D eigenvalue weighted by molar-refractivity contribution is 7.47. The van der Waals surface area contributed by atoms with Crippen molar-refractivity contribution >= 4 is 13.8 Å². The van der Waals surface area contributed by atoms with Crippen molar-refractivity contribution in [2.24, 2.45) is 0 Å². The number of hydrogen-bond acceptors (Lipinski definition) is 11. The molecule has 0 saturated heterocycles. The Hall–Kier alpha value is -0.660. The molecule has 1 aliphatic rings. The summed E-state index contributed by atoms with van der Waals surface area (Å²) in [6.45, 7) is 1.03. The van der Waals surface area contributed by atoms with E-state index >= 15 is 0 Å². The van der Waals surface area contributed by atoms with E-state index in [-0.39, 0.29) is 6.42 Å². The maximum Gasteiger partial charge on any atom is 0.472 e. The number of esters is 1. The fourth-order valence-corrected chi connectivity index (χ4v) is 7.38. The van der Waals surface area contributed by atoms with Gasteiger partial charge in [0.2, 0.25) is 0 Å². The second-order valence-electron chi connectivity index (χ2n) is 14.4. The van der Waals surface area contributed by atoms with Gasteiger partial charge in [-0.25, -0.2) is 4.57 Å². The molecule has 50 heavy (non-hydrogen) atoms. The molecule has 12 nitrogen and oxygen atoms in total. The number of phosphoric ester groups is 1. The lowest BCUT2D eigenvalue weighted by Crippen LogP contribution is -2.64. The molecule has 13 heteroatoms. The minimum absolute atomic E-state index is 0.197. The molecule has 0 aromatic heterocycles. The molecular weight excluding hydrogens is 667 g/mol. The van der Waals surface area contributed by atoms with Gasteiger partial charge >= 0.3 is 13.8 Å². The molecule has 0 aliphatic heterocycles. The Balaban J connectivity index is 1.88. The Morgan fingerprint density at radius 2 is 0.860 bits per heavy atom. The first-order chi connectivity index (χ1) is 24.0. The highest BCUT2D eigenvalue weighted by atomic mass is 31.2. The van der Waals surface area contributed by atoms with E-state index in [2.05, 4.69) is 16.0 Å². The smallest absolute Gasteiger partial charge is 0.463 e. The number of carbonyl (C=O) groups is 1. The molecule has 0 spiro atoms. The zero-order valence-electron chi connectivity index (χ0n) is 31.0. The van der Waals surface area contributed by atoms with Crippen molar-refractivity contribution in [3.8, 4) is 0 Å². The maximum absolute atomic E-state index is 12.2. The van der Waals surface area contributed by atoms with Crippen LogP contribution in [0, 0.1) is 0 Å². The minimum Gasteiger partial charge on any atom is -0.463 e. The summed E-state index contributed by atoms with van der Waals surface area (Å²) in [6, 6.07) is 0. The van der Waals surface area contributed by atoms with Gasteiger partial charge in [-0.05, 0) is 6.42 Å². The van der Waals surface area contributed by atoms with Crippen LogP contribution in [0.5, 0.6) is 0 Å². The summed E-state index contributed by atoms with van der Waals surface area (Å²) in [4.78, 5) is 21.8. The highest BCUT2D eigenvalue weighted by Gasteiger charge is 2.51. The van der Waals surface area contributed by atoms with Gasteiger partial charge in [-0.15, -0.1) is 0 Å². The van der Waals surface area contributed by atoms with E-state index in [1.54, 1.807) is 0 Å². The standard InChI is InChI=1S/C37H73O12P/c1-2-3-4-5-6-7-8-9-10-11-12-13-14-15-16-17-18-19-20-21-22-23-24-25-26-27-31(39)47-28-30(38)29-48-50(45,46)49-37-35(43)33(41)32(40)34(42)36(37)44/h30,32-38,40-44H,2-29H2,1H3,(H,45,46)/t30-,32-,33?,34?,35+,36?,37-/m0/s1. The highest BCUT2D eigenvalue weighted by Crippen LogP contribution is 2.47. The average Bonchev–Trinajstić information content (AvgIpc) is 3.10. The second kappa shape index (κ2) is 29.8. The van der Waals surface area contributed by atoms with E-state index in [4.69, 9.17) is 4.74 Å². The van der Waals surface area contributed by atoms with Gasteiger partial charge in [-0.2, -0.15) is 0 Å². The van der Waals surface area contributed by atoms with Crippen molar-refractivity contribution in [1.29, 1.82) is 0 Å². The van der Waals surface area contributed by atoms with E-state index in [1.807, 2.05) is 0 Å². The lowest BCUT2D eigenvalue weighted by molar-refractivity contribution is -0.220. The Morgan fingerprint density at radius 3 is 1.22 bits per heavy atom. The van der Waals surface area contributed by atoms with Gasteiger partial charge in [0.25, 0.3) is 0 Å². The largest absolute Gasteiger partial charge is 0.472 e. The van der Waals surface area contributed by atoms with Gasteiger partial charge in [0.1, 0.15) is 49.3 Å². The molecule has 0 radical (unpaired) electrons. The van der Waals surface area contributed by atoms with E-state index in [9.17, 15) is 44.9 Å². The predicted octanol–water partition coefficient (Wildman–Crippen LogP) is 6.37. The van der Waals surface area contributed by atoms with Crippen molar-refractivity contribution in [3.63, 3.8) is 0 Å². The van der Waals surface area contributed by atoms with Crippen molar-refractivity contribution in [2.75, 3.05) is 13.2 Å². The monoisotopic (exact) mass is 740 g/mol. The van der Waals surface area contributed by atoms with E-state index in [0.717, 1.165) is 19.3 Å². The molecule has 1 rings (SSSR count). The van der Waals surface area contributed by atoms with E-state index in [1.165, 1.54) is 135 Å². The number of aliphatic hydroxyl groups is 6. The number of aliphatic hydroxyl groups excluding tert-OH is 6. The number of phosphoric acid groups is 1. The van der Waals surface area contributed by atoms with Crippen LogP contribution in [0.4, 0.5) is 0 Å². The molecule has 0 heterocycles. The predicted molar refractivity (Wildman–Crippen MR) is 193 cm³/mol. The maximum atomic E-state index is 12.2. The summed E-state index contributed by atoms with van der Waals surface area (Å²) in [6.07, 6.45) is 19.6. The van der Waals surface area contributed by atoms with Crippen molar-refractivity contribution in [2.45, 2.75) is 217 Å². The number of carbonyl (C=O) groups excluding carboxylic acids is 1. The normalized spacial score (nSPS) is 24.2. The molecule has 1 saturated carbocycles. The summed E-state index contributed by atoms with van der Waals surface area (Å²) in [7, 11) is -4.99. The molecule has 4 unspecified atom stereocenters. The first kappa shape index (κ1) is 47.4. The van der Waals surface area contributed by atoms with Gasteiger partial charge in [0.05, 0.1) is 6.61 Å². The molecule has 8 atom stereocenters. The van der Waals surface area contributed by atoms with Gasteiger partial charge in [0.15, 0.2) is 0 Å². The van der Waals surface area contributed by atoms with Crippen LogP contribution >= 0.6 is 7.82 Å². The molecule has 0 amide bonds. The molecular formula is C37H73O12P. The van der Waals surface area contributed by atoms with Gasteiger partial charge in [-0.3, -0.25) is 13.8 Å². The van der Waals surface area contributed by atoms with Crippen molar-refractivity contribution < 1.29 is 58.7 Å². The summed E-state index contributed by atoms with van der Waals surface area (Å²) in [5.41, 5.74) is 0. The number of unbranched alkanes of at least 4 members (excludes halogenated alkanes) is 24. The lowest BCUT2D eigenvalue weighted by Gasteiger charge is -2.41. The number of hydrogen-bond donors (Lipinski definition) is 7. The minimum atomic E-state index is -4.99. The van der Waals surface area contributed by atoms with Crippen LogP contribution in [0.3, 0.4) is 0 Å². The third-order valence-electron chi connectivity index (χ3n) is 9.68. The molecule has 0 aromatic rings. The third-order valence-corrected chi connectivity index (χ3v) is 10.7. The van der Waals surface area contributed by atoms with Crippen LogP contribution in [-0.2, 0) is 23.1 Å². The van der Waals surface area contributed by atoms with E-state index in [0.29, 0.717) is 6.42 Å². The number of ether oxygens (including phenoxy) is 1. The number of rotatable bonds is 33. The summed E-state index contributed by atoms with van der Waals surface area (Å²) >= 11 is 0. The zero-order valence-corrected chi connectivity index (χ0v) is 31.9. The molecule has 298 valence electrons. The van der Waals surface area contributed by atoms with Gasteiger partial charge in [0, 0.05) is 6.42 Å². The molecule has 0 bridgehead atoms. The molecule has 1 fully saturated rings. The third kappa shape index (κ3) is 23.1. The topological polar surface area (TPSA) is 203 Å².